The van der Waals surface area contributed by atoms with Gasteiger partial charge in [0.25, 0.3) is 0 Å². The van der Waals surface area contributed by atoms with Crippen LogP contribution in [-0.2, 0) is 13.1 Å². The highest BCUT2D eigenvalue weighted by molar-refractivity contribution is 7.80. The van der Waals surface area contributed by atoms with Crippen LogP contribution in [0.2, 0.25) is 0 Å². The molecule has 0 aliphatic heterocycles. The van der Waals surface area contributed by atoms with Gasteiger partial charge in [-0.2, -0.15) is 0 Å². The normalized spacial score (nSPS) is 9.44. The van der Waals surface area contributed by atoms with E-state index in [1.54, 1.807) is 14.1 Å². The Bertz CT molecular complexity index is 385. The first-order chi connectivity index (χ1) is 8.65. The Labute approximate surface area is 119 Å². The van der Waals surface area contributed by atoms with E-state index in [4.69, 9.17) is 24.4 Å². The number of benzene rings is 1. The van der Waals surface area contributed by atoms with Gasteiger partial charge in [0.05, 0.1) is 0 Å². The summed E-state index contributed by atoms with van der Waals surface area (Å²) in [6.07, 6.45) is 0. The Morgan fingerprint density at radius 2 is 1.39 bits per heavy atom. The van der Waals surface area contributed by atoms with Crippen molar-refractivity contribution in [2.75, 3.05) is 14.1 Å². The van der Waals surface area contributed by atoms with Crippen LogP contribution in [0.4, 0.5) is 0 Å². The Morgan fingerprint density at radius 3 is 1.78 bits per heavy atom. The molecule has 0 atom stereocenters. The first-order valence-electron chi connectivity index (χ1n) is 5.64. The molecule has 0 spiro atoms. The van der Waals surface area contributed by atoms with Crippen molar-refractivity contribution >= 4 is 34.7 Å². The summed E-state index contributed by atoms with van der Waals surface area (Å²) < 4.78 is 0. The molecule has 4 N–H and O–H groups in total. The Morgan fingerprint density at radius 1 is 0.944 bits per heavy atom. The van der Waals surface area contributed by atoms with Crippen molar-refractivity contribution in [3.63, 3.8) is 0 Å². The van der Waals surface area contributed by atoms with Crippen molar-refractivity contribution < 1.29 is 0 Å². The van der Waals surface area contributed by atoms with Crippen molar-refractivity contribution in [3.05, 3.63) is 35.4 Å². The molecule has 0 unspecified atom stereocenters. The highest BCUT2D eigenvalue weighted by Gasteiger charge is 1.98. The van der Waals surface area contributed by atoms with E-state index in [9.17, 15) is 0 Å². The number of rotatable bonds is 4. The Balaban J connectivity index is 2.51. The minimum absolute atomic E-state index is 0.648. The van der Waals surface area contributed by atoms with E-state index in [1.165, 1.54) is 11.1 Å². The number of nitrogens with one attached hydrogen (secondary N) is 4. The second kappa shape index (κ2) is 7.84. The molecular weight excluding hydrogens is 264 g/mol. The third-order valence-corrected chi connectivity index (χ3v) is 3.05. The molecule has 6 heteroatoms. The van der Waals surface area contributed by atoms with Crippen molar-refractivity contribution in [1.29, 1.82) is 0 Å². The van der Waals surface area contributed by atoms with Crippen LogP contribution in [0.1, 0.15) is 11.1 Å². The topological polar surface area (TPSA) is 48.1 Å². The smallest absolute Gasteiger partial charge is 0.166 e. The van der Waals surface area contributed by atoms with Gasteiger partial charge in [0, 0.05) is 27.2 Å². The quantitative estimate of drug-likeness (QED) is 0.615. The van der Waals surface area contributed by atoms with Gasteiger partial charge in [-0.25, -0.2) is 0 Å². The van der Waals surface area contributed by atoms with Gasteiger partial charge in [-0.15, -0.1) is 0 Å². The predicted molar refractivity (Wildman–Crippen MR) is 83.4 cm³/mol. The molecule has 0 amide bonds. The Kier molecular flexibility index (Phi) is 6.38. The third-order valence-electron chi connectivity index (χ3n) is 2.35. The van der Waals surface area contributed by atoms with Crippen LogP contribution in [0.15, 0.2) is 24.3 Å². The number of thiocarbonyl (C=S) groups is 2. The van der Waals surface area contributed by atoms with E-state index in [2.05, 4.69) is 39.5 Å². The van der Waals surface area contributed by atoms with Gasteiger partial charge >= 0.3 is 0 Å². The second-order valence-electron chi connectivity index (χ2n) is 3.69. The van der Waals surface area contributed by atoms with E-state index in [0.717, 1.165) is 0 Å². The molecule has 0 aromatic heterocycles. The van der Waals surface area contributed by atoms with Gasteiger partial charge in [0.2, 0.25) is 0 Å². The minimum atomic E-state index is 0.648. The van der Waals surface area contributed by atoms with Gasteiger partial charge in [0.15, 0.2) is 10.2 Å². The molecule has 0 aliphatic carbocycles. The van der Waals surface area contributed by atoms with Crippen molar-refractivity contribution in [1.82, 2.24) is 21.3 Å². The zero-order chi connectivity index (χ0) is 13.4. The van der Waals surface area contributed by atoms with Crippen molar-refractivity contribution in [2.24, 2.45) is 0 Å². The molecule has 0 aliphatic rings. The van der Waals surface area contributed by atoms with Crippen LogP contribution in [0, 0.1) is 0 Å². The molecule has 0 fully saturated rings. The average Bonchev–Trinajstić information content (AvgIpc) is 2.42. The van der Waals surface area contributed by atoms with Gasteiger partial charge in [-0.3, -0.25) is 0 Å². The molecule has 0 bridgehead atoms. The van der Waals surface area contributed by atoms with Crippen LogP contribution >= 0.6 is 24.4 Å². The lowest BCUT2D eigenvalue weighted by Crippen LogP contribution is -2.32. The summed E-state index contributed by atoms with van der Waals surface area (Å²) in [4.78, 5) is 0. The summed E-state index contributed by atoms with van der Waals surface area (Å²) >= 11 is 10.1. The first kappa shape index (κ1) is 14.7. The van der Waals surface area contributed by atoms with Gasteiger partial charge < -0.3 is 21.3 Å². The summed E-state index contributed by atoms with van der Waals surface area (Å²) in [5.41, 5.74) is 2.37. The summed E-state index contributed by atoms with van der Waals surface area (Å²) in [5.74, 6) is 0. The number of hydrogen-bond donors (Lipinski definition) is 4. The van der Waals surface area contributed by atoms with E-state index in [-0.39, 0.29) is 0 Å². The summed E-state index contributed by atoms with van der Waals surface area (Å²) in [7, 11) is 3.60. The summed E-state index contributed by atoms with van der Waals surface area (Å²) in [6.45, 7) is 1.42. The molecule has 0 saturated carbocycles. The molecule has 1 aromatic carbocycles. The van der Waals surface area contributed by atoms with Gasteiger partial charge in [0.1, 0.15) is 0 Å². The standard InChI is InChI=1S/C12H18N4S2/c1-13-11(17)15-7-9-4-3-5-10(6-9)8-16-12(18)14-2/h3-6H,7-8H2,1-2H3,(H2,13,15,17)(H2,14,16,18). The SMILES string of the molecule is CNC(=S)NCc1cccc(CNC(=S)NC)c1. The molecule has 0 heterocycles. The molecular formula is C12H18N4S2. The lowest BCUT2D eigenvalue weighted by atomic mass is 10.1. The third kappa shape index (κ3) is 5.29. The molecule has 98 valence electrons. The first-order valence-corrected chi connectivity index (χ1v) is 6.46. The fourth-order valence-corrected chi connectivity index (χ4v) is 1.54. The molecule has 4 nitrogen and oxygen atoms in total. The molecule has 1 aromatic rings. The predicted octanol–water partition coefficient (Wildman–Crippen LogP) is 0.874. The van der Waals surface area contributed by atoms with Crippen LogP contribution < -0.4 is 21.3 Å². The number of hydrogen-bond acceptors (Lipinski definition) is 2. The molecule has 18 heavy (non-hydrogen) atoms. The van der Waals surface area contributed by atoms with Gasteiger partial charge in [-0.1, -0.05) is 24.3 Å². The van der Waals surface area contributed by atoms with E-state index in [0.29, 0.717) is 23.3 Å². The largest absolute Gasteiger partial charge is 0.366 e. The fraction of sp³-hybridized carbons (Fsp3) is 0.333. The minimum Gasteiger partial charge on any atom is -0.366 e. The summed E-state index contributed by atoms with van der Waals surface area (Å²) in [5, 5.41) is 13.3. The lowest BCUT2D eigenvalue weighted by Gasteiger charge is -2.10. The summed E-state index contributed by atoms with van der Waals surface area (Å²) in [6, 6.07) is 8.27. The fourth-order valence-electron chi connectivity index (χ4n) is 1.39. The maximum absolute atomic E-state index is 5.03. The second-order valence-corrected chi connectivity index (χ2v) is 4.50. The molecule has 0 radical (unpaired) electrons. The van der Waals surface area contributed by atoms with E-state index < -0.39 is 0 Å². The maximum atomic E-state index is 5.03. The van der Waals surface area contributed by atoms with E-state index in [1.807, 2.05) is 6.07 Å². The van der Waals surface area contributed by atoms with Crippen LogP contribution in [0.25, 0.3) is 0 Å². The zero-order valence-corrected chi connectivity index (χ0v) is 12.2. The van der Waals surface area contributed by atoms with E-state index >= 15 is 0 Å². The molecule has 1 rings (SSSR count). The zero-order valence-electron chi connectivity index (χ0n) is 10.5. The van der Waals surface area contributed by atoms with Crippen molar-refractivity contribution in [2.45, 2.75) is 13.1 Å². The maximum Gasteiger partial charge on any atom is 0.166 e. The Hall–Kier alpha value is -1.40. The van der Waals surface area contributed by atoms with Gasteiger partial charge in [-0.05, 0) is 35.6 Å². The van der Waals surface area contributed by atoms with Crippen LogP contribution in [0.5, 0.6) is 0 Å². The van der Waals surface area contributed by atoms with Crippen molar-refractivity contribution in [3.8, 4) is 0 Å². The monoisotopic (exact) mass is 282 g/mol. The average molecular weight is 282 g/mol. The highest BCUT2D eigenvalue weighted by Crippen LogP contribution is 2.04. The highest BCUT2D eigenvalue weighted by atomic mass is 32.1. The van der Waals surface area contributed by atoms with Crippen LogP contribution in [-0.4, -0.2) is 24.3 Å². The molecule has 0 saturated heterocycles. The lowest BCUT2D eigenvalue weighted by molar-refractivity contribution is 0.867. The van der Waals surface area contributed by atoms with Crippen LogP contribution in [0.3, 0.4) is 0 Å².